The second-order valence-electron chi connectivity index (χ2n) is 15.7. The average molecular weight is 768 g/mol. The molecule has 0 aromatic carbocycles. The van der Waals surface area contributed by atoms with Crippen LogP contribution in [0.15, 0.2) is 0 Å². The van der Waals surface area contributed by atoms with Crippen LogP contribution < -0.4 is 5.32 Å². The van der Waals surface area contributed by atoms with Gasteiger partial charge >= 0.3 is 13.8 Å². The van der Waals surface area contributed by atoms with Gasteiger partial charge in [0.25, 0.3) is 0 Å². The van der Waals surface area contributed by atoms with Gasteiger partial charge in [0.15, 0.2) is 12.4 Å². The highest BCUT2D eigenvalue weighted by molar-refractivity contribution is 7.46. The zero-order valence-corrected chi connectivity index (χ0v) is 33.4. The van der Waals surface area contributed by atoms with E-state index in [-0.39, 0.29) is 6.42 Å². The summed E-state index contributed by atoms with van der Waals surface area (Å²) >= 11 is 0. The standard InChI is InChI=1S/C38H74NO12P/c1-28(2)21-17-13-9-6-5-7-11-15-19-23-30(41)25-33(43)39-35-37(36(45)32(27-40)49-38(35)51-52(46,47)48)50-34(44)26-31(42)24-20-16-12-8-10-14-18-22-29(3)4/h28-32,35-38,40-42,45H,5-27H2,1-4H3,(H,39,43)(H2,46,47,48). The summed E-state index contributed by atoms with van der Waals surface area (Å²) in [5.41, 5.74) is 0. The Bertz CT molecular complexity index is 980. The Balaban J connectivity index is 2.62. The Labute approximate surface area is 313 Å². The Morgan fingerprint density at radius 3 is 1.50 bits per heavy atom. The molecule has 0 aromatic rings. The maximum atomic E-state index is 13.0. The molecule has 0 saturated carbocycles. The molecule has 1 aliphatic heterocycles. The molecule has 7 N–H and O–H groups in total. The number of rotatable bonds is 31. The van der Waals surface area contributed by atoms with Gasteiger partial charge in [-0.05, 0) is 24.7 Å². The fourth-order valence-corrected chi connectivity index (χ4v) is 7.08. The first-order valence-corrected chi connectivity index (χ1v) is 21.7. The van der Waals surface area contributed by atoms with E-state index in [1.165, 1.54) is 64.2 Å². The zero-order chi connectivity index (χ0) is 38.9. The van der Waals surface area contributed by atoms with Crippen LogP contribution in [0.5, 0.6) is 0 Å². The van der Waals surface area contributed by atoms with E-state index in [1.54, 1.807) is 0 Å². The van der Waals surface area contributed by atoms with Crippen LogP contribution in [0.4, 0.5) is 0 Å². The van der Waals surface area contributed by atoms with Gasteiger partial charge in [-0.15, -0.1) is 0 Å². The molecule has 308 valence electrons. The van der Waals surface area contributed by atoms with Crippen LogP contribution >= 0.6 is 7.82 Å². The zero-order valence-electron chi connectivity index (χ0n) is 32.5. The van der Waals surface area contributed by atoms with Crippen LogP contribution in [-0.4, -0.2) is 91.5 Å². The van der Waals surface area contributed by atoms with E-state index in [9.17, 15) is 44.4 Å². The van der Waals surface area contributed by atoms with Gasteiger partial charge in [-0.3, -0.25) is 14.1 Å². The molecule has 1 saturated heterocycles. The second-order valence-corrected chi connectivity index (χ2v) is 16.9. The van der Waals surface area contributed by atoms with Crippen molar-refractivity contribution in [2.45, 2.75) is 212 Å². The van der Waals surface area contributed by atoms with E-state index >= 15 is 0 Å². The summed E-state index contributed by atoms with van der Waals surface area (Å²) in [7, 11) is -5.22. The van der Waals surface area contributed by atoms with Gasteiger partial charge in [0, 0.05) is 0 Å². The number of ether oxygens (including phenoxy) is 2. The third-order valence-electron chi connectivity index (χ3n) is 9.65. The van der Waals surface area contributed by atoms with E-state index < -0.39 is 75.6 Å². The number of nitrogens with one attached hydrogen (secondary N) is 1. The van der Waals surface area contributed by atoms with Gasteiger partial charge in [0.1, 0.15) is 18.2 Å². The van der Waals surface area contributed by atoms with Crippen molar-refractivity contribution in [3.8, 4) is 0 Å². The highest BCUT2D eigenvalue weighted by Crippen LogP contribution is 2.41. The molecule has 0 radical (unpaired) electrons. The Kier molecular flexibility index (Phi) is 26.6. The molecule has 13 nitrogen and oxygen atoms in total. The highest BCUT2D eigenvalue weighted by Gasteiger charge is 2.50. The number of esters is 1. The first kappa shape index (κ1) is 48.9. The molecule has 14 heteroatoms. The van der Waals surface area contributed by atoms with Gasteiger partial charge in [-0.1, -0.05) is 143 Å². The number of aliphatic hydroxyl groups is 4. The number of amides is 1. The number of carbonyl (C=O) groups is 2. The lowest BCUT2D eigenvalue weighted by Crippen LogP contribution is -2.65. The molecule has 7 unspecified atom stereocenters. The van der Waals surface area contributed by atoms with E-state index in [0.29, 0.717) is 19.3 Å². The van der Waals surface area contributed by atoms with Crippen molar-refractivity contribution in [3.05, 3.63) is 0 Å². The molecular weight excluding hydrogens is 693 g/mol. The number of carbonyl (C=O) groups excluding carboxylic acids is 2. The largest absolute Gasteiger partial charge is 0.472 e. The van der Waals surface area contributed by atoms with Crippen LogP contribution in [-0.2, 0) is 28.2 Å². The quantitative estimate of drug-likeness (QED) is 0.0239. The van der Waals surface area contributed by atoms with Crippen LogP contribution in [0.1, 0.15) is 169 Å². The minimum absolute atomic E-state index is 0.355. The van der Waals surface area contributed by atoms with Crippen LogP contribution in [0.3, 0.4) is 0 Å². The predicted octanol–water partition coefficient (Wildman–Crippen LogP) is 6.19. The molecule has 0 bridgehead atoms. The van der Waals surface area contributed by atoms with E-state index in [2.05, 4.69) is 33.0 Å². The molecule has 1 fully saturated rings. The summed E-state index contributed by atoms with van der Waals surface area (Å²) in [6.07, 6.45) is 11.1. The van der Waals surface area contributed by atoms with Crippen LogP contribution in [0.2, 0.25) is 0 Å². The molecule has 0 aromatic heterocycles. The molecule has 52 heavy (non-hydrogen) atoms. The fraction of sp³-hybridized carbons (Fsp3) is 0.947. The SMILES string of the molecule is CC(C)CCCCCCCCCCCC(O)CC(=O)NC1C(OP(=O)(O)O)OC(CO)C(O)C1OC(=O)CC(O)CCCCCCCCCC(C)C. The number of unbranched alkanes of at least 4 members (excludes halogenated alkanes) is 14. The van der Waals surface area contributed by atoms with E-state index in [0.717, 1.165) is 56.8 Å². The van der Waals surface area contributed by atoms with E-state index in [4.69, 9.17) is 14.0 Å². The number of hydrogen-bond acceptors (Lipinski definition) is 10. The molecule has 1 heterocycles. The maximum Gasteiger partial charge on any atom is 0.472 e. The molecule has 1 aliphatic rings. The molecule has 1 rings (SSSR count). The summed E-state index contributed by atoms with van der Waals surface area (Å²) < 4.78 is 27.3. The molecule has 0 spiro atoms. The molecule has 0 aliphatic carbocycles. The summed E-state index contributed by atoms with van der Waals surface area (Å²) in [6, 6.07) is -1.60. The molecular formula is C38H74NO12P. The van der Waals surface area contributed by atoms with Crippen molar-refractivity contribution in [1.29, 1.82) is 0 Å². The lowest BCUT2D eigenvalue weighted by Gasteiger charge is -2.43. The number of phosphoric ester groups is 1. The van der Waals surface area contributed by atoms with Crippen molar-refractivity contribution in [1.82, 2.24) is 5.32 Å². The average Bonchev–Trinajstić information content (AvgIpc) is 3.04. The summed E-state index contributed by atoms with van der Waals surface area (Å²) in [4.78, 5) is 44.9. The van der Waals surface area contributed by atoms with Gasteiger partial charge in [-0.2, -0.15) is 0 Å². The second kappa shape index (κ2) is 28.3. The van der Waals surface area contributed by atoms with Crippen molar-refractivity contribution in [3.63, 3.8) is 0 Å². The summed E-state index contributed by atoms with van der Waals surface area (Å²) in [6.45, 7) is 8.13. The maximum absolute atomic E-state index is 13.0. The smallest absolute Gasteiger partial charge is 0.457 e. The predicted molar refractivity (Wildman–Crippen MR) is 200 cm³/mol. The Morgan fingerprint density at radius 1 is 0.692 bits per heavy atom. The van der Waals surface area contributed by atoms with Crippen molar-refractivity contribution in [2.24, 2.45) is 11.8 Å². The lowest BCUT2D eigenvalue weighted by molar-refractivity contribution is -0.254. The van der Waals surface area contributed by atoms with Crippen LogP contribution in [0.25, 0.3) is 0 Å². The van der Waals surface area contributed by atoms with Gasteiger partial charge in [0.05, 0.1) is 31.7 Å². The van der Waals surface area contributed by atoms with E-state index in [1.807, 2.05) is 0 Å². The lowest BCUT2D eigenvalue weighted by atomic mass is 9.96. The van der Waals surface area contributed by atoms with Gasteiger partial charge in [-0.25, -0.2) is 4.57 Å². The fourth-order valence-electron chi connectivity index (χ4n) is 6.63. The Hall–Kier alpha value is -1.15. The minimum Gasteiger partial charge on any atom is -0.457 e. The highest BCUT2D eigenvalue weighted by atomic mass is 31.2. The normalized spacial score (nSPS) is 22.1. The van der Waals surface area contributed by atoms with Crippen molar-refractivity contribution >= 4 is 19.7 Å². The third-order valence-corrected chi connectivity index (χ3v) is 10.1. The number of hydrogen-bond donors (Lipinski definition) is 7. The van der Waals surface area contributed by atoms with Gasteiger partial charge < -0.3 is 45.0 Å². The first-order valence-electron chi connectivity index (χ1n) is 20.2. The van der Waals surface area contributed by atoms with Crippen molar-refractivity contribution in [2.75, 3.05) is 6.61 Å². The third kappa shape index (κ3) is 24.3. The first-order chi connectivity index (χ1) is 24.6. The number of aliphatic hydroxyl groups excluding tert-OH is 4. The van der Waals surface area contributed by atoms with Crippen molar-refractivity contribution < 1.29 is 58.4 Å². The summed E-state index contributed by atoms with van der Waals surface area (Å²) in [5, 5.41) is 44.1. The monoisotopic (exact) mass is 767 g/mol. The Morgan fingerprint density at radius 2 is 1.10 bits per heavy atom. The summed E-state index contributed by atoms with van der Waals surface area (Å²) in [5.74, 6) is -0.186. The number of phosphoric acid groups is 1. The van der Waals surface area contributed by atoms with Crippen LogP contribution in [0, 0.1) is 11.8 Å². The minimum atomic E-state index is -5.22. The topological polar surface area (TPSA) is 212 Å². The molecule has 1 amide bonds. The molecule has 7 atom stereocenters. The van der Waals surface area contributed by atoms with Gasteiger partial charge in [0.2, 0.25) is 5.91 Å².